The van der Waals surface area contributed by atoms with Gasteiger partial charge in [-0.2, -0.15) is 5.10 Å². The monoisotopic (exact) mass is 207 g/mol. The number of nitrogens with zero attached hydrogens (tertiary/aromatic N) is 2. The van der Waals surface area contributed by atoms with Crippen molar-refractivity contribution in [3.63, 3.8) is 0 Å². The summed E-state index contributed by atoms with van der Waals surface area (Å²) < 4.78 is 1.84. The zero-order valence-electron chi connectivity index (χ0n) is 9.74. The third-order valence-corrected chi connectivity index (χ3v) is 3.56. The summed E-state index contributed by atoms with van der Waals surface area (Å²) in [7, 11) is 1.95. The summed E-state index contributed by atoms with van der Waals surface area (Å²) in [5.41, 5.74) is 1.15. The van der Waals surface area contributed by atoms with E-state index >= 15 is 0 Å². The van der Waals surface area contributed by atoms with Gasteiger partial charge >= 0.3 is 0 Å². The molecule has 84 valence electrons. The second-order valence-electron chi connectivity index (χ2n) is 4.81. The minimum absolute atomic E-state index is 0.846. The van der Waals surface area contributed by atoms with Crippen LogP contribution in [-0.2, 0) is 7.05 Å². The van der Waals surface area contributed by atoms with E-state index in [1.807, 2.05) is 24.1 Å². The molecule has 1 heterocycles. The van der Waals surface area contributed by atoms with E-state index in [1.165, 1.54) is 25.7 Å². The molecule has 0 amide bonds. The smallest absolute Gasteiger partial charge is 0.0726 e. The van der Waals surface area contributed by atoms with Crippen molar-refractivity contribution in [2.24, 2.45) is 18.9 Å². The van der Waals surface area contributed by atoms with Gasteiger partial charge in [0.15, 0.2) is 0 Å². The molecule has 1 aromatic heterocycles. The van der Waals surface area contributed by atoms with Crippen LogP contribution in [0.1, 0.15) is 32.6 Å². The van der Waals surface area contributed by atoms with Crippen molar-refractivity contribution in [2.45, 2.75) is 32.6 Å². The van der Waals surface area contributed by atoms with Crippen molar-refractivity contribution in [3.05, 3.63) is 12.4 Å². The standard InChI is InChI=1S/C12H21N3/c1-10-5-3-4-6-11(10)7-13-12-8-14-15(2)9-12/h8-11,13H,3-7H2,1-2H3. The maximum Gasteiger partial charge on any atom is 0.0726 e. The molecule has 0 radical (unpaired) electrons. The van der Waals surface area contributed by atoms with Crippen LogP contribution in [0.15, 0.2) is 12.4 Å². The van der Waals surface area contributed by atoms with Gasteiger partial charge in [0.05, 0.1) is 11.9 Å². The number of aromatic nitrogens is 2. The van der Waals surface area contributed by atoms with E-state index in [0.717, 1.165) is 24.1 Å². The van der Waals surface area contributed by atoms with Gasteiger partial charge in [-0.25, -0.2) is 0 Å². The Morgan fingerprint density at radius 1 is 1.47 bits per heavy atom. The normalized spacial score (nSPS) is 26.5. The summed E-state index contributed by atoms with van der Waals surface area (Å²) in [6.45, 7) is 3.49. The Labute approximate surface area is 91.9 Å². The van der Waals surface area contributed by atoms with Crippen molar-refractivity contribution in [1.82, 2.24) is 9.78 Å². The quantitative estimate of drug-likeness (QED) is 0.825. The second kappa shape index (κ2) is 4.69. The number of anilines is 1. The highest BCUT2D eigenvalue weighted by Crippen LogP contribution is 2.29. The Morgan fingerprint density at radius 2 is 2.27 bits per heavy atom. The molecule has 2 unspecified atom stereocenters. The zero-order valence-corrected chi connectivity index (χ0v) is 9.74. The summed E-state index contributed by atoms with van der Waals surface area (Å²) in [5, 5.41) is 7.64. The maximum atomic E-state index is 4.15. The van der Waals surface area contributed by atoms with Gasteiger partial charge < -0.3 is 5.32 Å². The lowest BCUT2D eigenvalue weighted by Gasteiger charge is -2.28. The minimum atomic E-state index is 0.846. The summed E-state index contributed by atoms with van der Waals surface area (Å²) in [6.07, 6.45) is 9.54. The van der Waals surface area contributed by atoms with E-state index in [0.29, 0.717) is 0 Å². The number of hydrogen-bond acceptors (Lipinski definition) is 2. The molecular formula is C12H21N3. The lowest BCUT2D eigenvalue weighted by molar-refractivity contribution is 0.268. The lowest BCUT2D eigenvalue weighted by atomic mass is 9.80. The average molecular weight is 207 g/mol. The minimum Gasteiger partial charge on any atom is -0.382 e. The van der Waals surface area contributed by atoms with E-state index in [9.17, 15) is 0 Å². The molecule has 0 saturated heterocycles. The third kappa shape index (κ3) is 2.74. The topological polar surface area (TPSA) is 29.9 Å². The average Bonchev–Trinajstić information content (AvgIpc) is 2.63. The molecule has 1 saturated carbocycles. The van der Waals surface area contributed by atoms with Crippen LogP contribution in [0.3, 0.4) is 0 Å². The molecule has 0 spiro atoms. The molecule has 2 rings (SSSR count). The van der Waals surface area contributed by atoms with Crippen molar-refractivity contribution in [3.8, 4) is 0 Å². The van der Waals surface area contributed by atoms with Gasteiger partial charge in [-0.15, -0.1) is 0 Å². The first-order valence-electron chi connectivity index (χ1n) is 5.98. The highest BCUT2D eigenvalue weighted by molar-refractivity contribution is 5.37. The molecule has 1 aromatic rings. The van der Waals surface area contributed by atoms with Gasteiger partial charge in [0.25, 0.3) is 0 Å². The van der Waals surface area contributed by atoms with E-state index in [2.05, 4.69) is 17.3 Å². The number of hydrogen-bond donors (Lipinski definition) is 1. The summed E-state index contributed by atoms with van der Waals surface area (Å²) in [4.78, 5) is 0. The van der Waals surface area contributed by atoms with Crippen LogP contribution in [0.5, 0.6) is 0 Å². The fourth-order valence-corrected chi connectivity index (χ4v) is 2.46. The van der Waals surface area contributed by atoms with Gasteiger partial charge in [-0.05, 0) is 18.3 Å². The van der Waals surface area contributed by atoms with Crippen LogP contribution in [-0.4, -0.2) is 16.3 Å². The fourth-order valence-electron chi connectivity index (χ4n) is 2.46. The Bertz CT molecular complexity index is 306. The Balaban J connectivity index is 1.81. The lowest BCUT2D eigenvalue weighted by Crippen LogP contribution is -2.24. The second-order valence-corrected chi connectivity index (χ2v) is 4.81. The molecule has 0 bridgehead atoms. The molecule has 3 nitrogen and oxygen atoms in total. The van der Waals surface area contributed by atoms with E-state index in [4.69, 9.17) is 0 Å². The zero-order chi connectivity index (χ0) is 10.7. The van der Waals surface area contributed by atoms with Crippen molar-refractivity contribution in [1.29, 1.82) is 0 Å². The molecule has 0 aliphatic heterocycles. The van der Waals surface area contributed by atoms with Crippen LogP contribution >= 0.6 is 0 Å². The number of nitrogens with one attached hydrogen (secondary N) is 1. The van der Waals surface area contributed by atoms with Crippen LogP contribution in [0.2, 0.25) is 0 Å². The number of aryl methyl sites for hydroxylation is 1. The van der Waals surface area contributed by atoms with Crippen LogP contribution < -0.4 is 5.32 Å². The van der Waals surface area contributed by atoms with Gasteiger partial charge in [0, 0.05) is 19.8 Å². The summed E-state index contributed by atoms with van der Waals surface area (Å²) in [6, 6.07) is 0. The largest absolute Gasteiger partial charge is 0.382 e. The summed E-state index contributed by atoms with van der Waals surface area (Å²) in [5.74, 6) is 1.72. The Hall–Kier alpha value is -0.990. The predicted molar refractivity (Wildman–Crippen MR) is 62.8 cm³/mol. The first-order chi connectivity index (χ1) is 7.25. The van der Waals surface area contributed by atoms with E-state index in [1.54, 1.807) is 0 Å². The first-order valence-corrected chi connectivity index (χ1v) is 5.98. The SMILES string of the molecule is CC1CCCCC1CNc1cnn(C)c1. The molecule has 3 heteroatoms. The molecule has 2 atom stereocenters. The van der Waals surface area contributed by atoms with Crippen molar-refractivity contribution in [2.75, 3.05) is 11.9 Å². The van der Waals surface area contributed by atoms with Gasteiger partial charge in [-0.1, -0.05) is 26.2 Å². The molecule has 1 aliphatic rings. The van der Waals surface area contributed by atoms with Crippen LogP contribution in [0.25, 0.3) is 0 Å². The van der Waals surface area contributed by atoms with Gasteiger partial charge in [-0.3, -0.25) is 4.68 Å². The van der Waals surface area contributed by atoms with Gasteiger partial charge in [0.1, 0.15) is 0 Å². The molecular weight excluding hydrogens is 186 g/mol. The third-order valence-electron chi connectivity index (χ3n) is 3.56. The first kappa shape index (κ1) is 10.5. The Morgan fingerprint density at radius 3 is 2.93 bits per heavy atom. The van der Waals surface area contributed by atoms with Gasteiger partial charge in [0.2, 0.25) is 0 Å². The predicted octanol–water partition coefficient (Wildman–Crippen LogP) is 2.66. The maximum absolute atomic E-state index is 4.15. The summed E-state index contributed by atoms with van der Waals surface area (Å²) >= 11 is 0. The number of rotatable bonds is 3. The van der Waals surface area contributed by atoms with Crippen LogP contribution in [0, 0.1) is 11.8 Å². The molecule has 1 aliphatic carbocycles. The van der Waals surface area contributed by atoms with E-state index in [-0.39, 0.29) is 0 Å². The molecule has 0 aromatic carbocycles. The molecule has 1 N–H and O–H groups in total. The van der Waals surface area contributed by atoms with Crippen molar-refractivity contribution < 1.29 is 0 Å². The molecule has 1 fully saturated rings. The highest BCUT2D eigenvalue weighted by atomic mass is 15.3. The van der Waals surface area contributed by atoms with Crippen molar-refractivity contribution >= 4 is 5.69 Å². The van der Waals surface area contributed by atoms with Crippen LogP contribution in [0.4, 0.5) is 5.69 Å². The fraction of sp³-hybridized carbons (Fsp3) is 0.750. The highest BCUT2D eigenvalue weighted by Gasteiger charge is 2.20. The van der Waals surface area contributed by atoms with E-state index < -0.39 is 0 Å². The molecule has 15 heavy (non-hydrogen) atoms. The Kier molecular flexibility index (Phi) is 3.29.